The molecule has 0 aromatic rings. The lowest BCUT2D eigenvalue weighted by Gasteiger charge is -2.40. The molecule has 1 heterocycles. The van der Waals surface area contributed by atoms with Crippen LogP contribution in [0, 0.1) is 0 Å². The van der Waals surface area contributed by atoms with Gasteiger partial charge in [-0.05, 0) is 12.8 Å². The van der Waals surface area contributed by atoms with Crippen molar-refractivity contribution in [3.8, 4) is 0 Å². The lowest BCUT2D eigenvalue weighted by molar-refractivity contribution is -0.205. The molecule has 0 spiro atoms. The van der Waals surface area contributed by atoms with Crippen molar-refractivity contribution >= 4 is 17.7 Å². The van der Waals surface area contributed by atoms with Gasteiger partial charge < -0.3 is 40.7 Å². The number of unbranched alkanes of at least 4 members (excludes halogenated alkanes) is 33. The minimum absolute atomic E-state index is 0.116. The lowest BCUT2D eigenvalue weighted by Crippen LogP contribution is -2.58. The number of ether oxygens (including phenoxy) is 1. The molecule has 7 N–H and O–H groups in total. The van der Waals surface area contributed by atoms with E-state index in [2.05, 4.69) is 19.2 Å². The van der Waals surface area contributed by atoms with Crippen molar-refractivity contribution in [1.29, 1.82) is 0 Å². The number of aliphatic hydroxyl groups is 6. The highest BCUT2D eigenvalue weighted by atomic mass is 32.2. The third-order valence-corrected chi connectivity index (χ3v) is 14.1. The summed E-state index contributed by atoms with van der Waals surface area (Å²) < 4.78 is 5.65. The van der Waals surface area contributed by atoms with E-state index < -0.39 is 54.7 Å². The first-order valence-electron chi connectivity index (χ1n) is 25.8. The second-order valence-corrected chi connectivity index (χ2v) is 19.6. The molecular formula is C50H99NO8S. The molecule has 8 atom stereocenters. The van der Waals surface area contributed by atoms with Gasteiger partial charge in [-0.2, -0.15) is 0 Å². The predicted molar refractivity (Wildman–Crippen MR) is 252 cm³/mol. The summed E-state index contributed by atoms with van der Waals surface area (Å²) in [6.07, 6.45) is 38.0. The van der Waals surface area contributed by atoms with E-state index in [9.17, 15) is 35.4 Å². The van der Waals surface area contributed by atoms with Crippen LogP contribution in [0.1, 0.15) is 251 Å². The molecule has 358 valence electrons. The predicted octanol–water partition coefficient (Wildman–Crippen LogP) is 11.2. The largest absolute Gasteiger partial charge is 0.394 e. The lowest BCUT2D eigenvalue weighted by atomic mass is 9.99. The maximum Gasteiger partial charge on any atom is 0.220 e. The molecule has 60 heavy (non-hydrogen) atoms. The standard InChI is InChI=1S/C50H99NO8S/c1-3-5-7-9-11-13-15-17-18-19-20-21-22-23-24-25-26-27-29-31-33-35-37-39-45(54)51-42(41-60-50-49(58)48(57)47(56)44(40-52)59-50)46(55)43(53)38-36-34-32-30-28-16-14-12-10-8-6-4-2/h42-44,46-50,52-53,55-58H,3-41H2,1-2H3,(H,51,54)/t42-,43+,44+,46-,47-,48-,49+,50+/m0/s1. The Morgan fingerprint density at radius 3 is 1.23 bits per heavy atom. The third kappa shape index (κ3) is 30.6. The summed E-state index contributed by atoms with van der Waals surface area (Å²) in [4.78, 5) is 13.1. The van der Waals surface area contributed by atoms with Gasteiger partial charge in [0.25, 0.3) is 0 Å². The molecule has 1 saturated heterocycles. The van der Waals surface area contributed by atoms with E-state index in [1.807, 2.05) is 0 Å². The van der Waals surface area contributed by atoms with E-state index in [1.165, 1.54) is 186 Å². The topological polar surface area (TPSA) is 160 Å². The molecule has 1 aliphatic rings. The summed E-state index contributed by atoms with van der Waals surface area (Å²) in [5.41, 5.74) is -0.982. The molecule has 0 radical (unpaired) electrons. The Hall–Kier alpha value is -0.460. The van der Waals surface area contributed by atoms with E-state index in [1.54, 1.807) is 0 Å². The molecule has 1 fully saturated rings. The molecular weight excluding hydrogens is 775 g/mol. The van der Waals surface area contributed by atoms with Crippen molar-refractivity contribution in [2.24, 2.45) is 0 Å². The number of aliphatic hydroxyl groups excluding tert-OH is 6. The summed E-state index contributed by atoms with van der Waals surface area (Å²) in [5.74, 6) is -0.0701. The van der Waals surface area contributed by atoms with Crippen LogP contribution in [0.3, 0.4) is 0 Å². The van der Waals surface area contributed by atoms with Gasteiger partial charge in [0.1, 0.15) is 36.0 Å². The zero-order valence-corrected chi connectivity index (χ0v) is 39.9. The smallest absolute Gasteiger partial charge is 0.220 e. The molecule has 1 rings (SSSR count). The van der Waals surface area contributed by atoms with Crippen LogP contribution in [0.25, 0.3) is 0 Å². The SMILES string of the molecule is CCCCCCCCCCCCCCCCCCCCCCCCCC(=O)N[C@@H](CS[C@H]1O[C@H](CO)[C@H](O)[C@H](O)[C@H]1O)[C@H](O)[C@H](O)CCCCCCCCCCCCCC. The fraction of sp³-hybridized carbons (Fsp3) is 0.980. The number of nitrogens with one attached hydrogen (secondary N) is 1. The van der Waals surface area contributed by atoms with Crippen LogP contribution in [0.5, 0.6) is 0 Å². The van der Waals surface area contributed by atoms with Crippen molar-refractivity contribution in [1.82, 2.24) is 5.32 Å². The average molecular weight is 874 g/mol. The number of amides is 1. The van der Waals surface area contributed by atoms with Crippen molar-refractivity contribution in [2.45, 2.75) is 300 Å². The van der Waals surface area contributed by atoms with Gasteiger partial charge >= 0.3 is 0 Å². The van der Waals surface area contributed by atoms with Crippen LogP contribution in [-0.2, 0) is 9.53 Å². The average Bonchev–Trinajstić information content (AvgIpc) is 3.25. The Kier molecular flexibility index (Phi) is 39.6. The van der Waals surface area contributed by atoms with E-state index in [-0.39, 0.29) is 11.7 Å². The summed E-state index contributed by atoms with van der Waals surface area (Å²) in [6.45, 7) is 4.00. The monoisotopic (exact) mass is 874 g/mol. The molecule has 0 saturated carbocycles. The van der Waals surface area contributed by atoms with Crippen molar-refractivity contribution < 1.29 is 40.2 Å². The molecule has 0 aromatic heterocycles. The Morgan fingerprint density at radius 1 is 0.517 bits per heavy atom. The summed E-state index contributed by atoms with van der Waals surface area (Å²) >= 11 is 1.09. The Labute approximate surface area is 373 Å². The zero-order valence-electron chi connectivity index (χ0n) is 39.1. The minimum Gasteiger partial charge on any atom is -0.394 e. The molecule has 1 aliphatic heterocycles. The Morgan fingerprint density at radius 2 is 0.867 bits per heavy atom. The fourth-order valence-corrected chi connectivity index (χ4v) is 9.87. The highest BCUT2D eigenvalue weighted by Gasteiger charge is 2.44. The summed E-state index contributed by atoms with van der Waals surface area (Å²) in [6, 6.07) is -0.799. The van der Waals surface area contributed by atoms with Crippen LogP contribution in [0.2, 0.25) is 0 Å². The van der Waals surface area contributed by atoms with Gasteiger partial charge in [0, 0.05) is 12.2 Å². The summed E-state index contributed by atoms with van der Waals surface area (Å²) in [5, 5.41) is 65.7. The van der Waals surface area contributed by atoms with Crippen LogP contribution in [-0.4, -0.2) is 97.0 Å². The number of thioether (sulfide) groups is 1. The highest BCUT2D eigenvalue weighted by molar-refractivity contribution is 7.99. The fourth-order valence-electron chi connectivity index (χ4n) is 8.61. The third-order valence-electron chi connectivity index (χ3n) is 12.8. The normalized spacial score (nSPS) is 21.0. The molecule has 0 bridgehead atoms. The van der Waals surface area contributed by atoms with Crippen molar-refractivity contribution in [3.05, 3.63) is 0 Å². The number of hydrogen-bond acceptors (Lipinski definition) is 9. The first kappa shape index (κ1) is 57.6. The Balaban J connectivity index is 2.26. The molecule has 0 aliphatic carbocycles. The summed E-state index contributed by atoms with van der Waals surface area (Å²) in [7, 11) is 0. The van der Waals surface area contributed by atoms with Gasteiger partial charge in [0.05, 0.1) is 18.8 Å². The van der Waals surface area contributed by atoms with Gasteiger partial charge in [-0.25, -0.2) is 0 Å². The van der Waals surface area contributed by atoms with Gasteiger partial charge in [0.15, 0.2) is 0 Å². The van der Waals surface area contributed by atoms with E-state index in [0.717, 1.165) is 50.3 Å². The van der Waals surface area contributed by atoms with Gasteiger partial charge in [-0.1, -0.05) is 232 Å². The minimum atomic E-state index is -1.50. The van der Waals surface area contributed by atoms with Gasteiger partial charge in [-0.15, -0.1) is 11.8 Å². The van der Waals surface area contributed by atoms with Crippen LogP contribution >= 0.6 is 11.8 Å². The molecule has 0 unspecified atom stereocenters. The van der Waals surface area contributed by atoms with Crippen molar-refractivity contribution in [3.63, 3.8) is 0 Å². The van der Waals surface area contributed by atoms with E-state index in [4.69, 9.17) is 4.74 Å². The zero-order chi connectivity index (χ0) is 43.9. The first-order chi connectivity index (χ1) is 29.3. The number of hydrogen-bond donors (Lipinski definition) is 7. The maximum absolute atomic E-state index is 13.1. The number of carbonyl (C=O) groups excluding carboxylic acids is 1. The molecule has 9 nitrogen and oxygen atoms in total. The van der Waals surface area contributed by atoms with Gasteiger partial charge in [-0.3, -0.25) is 4.79 Å². The number of carbonyl (C=O) groups is 1. The van der Waals surface area contributed by atoms with Gasteiger partial charge in [0.2, 0.25) is 5.91 Å². The van der Waals surface area contributed by atoms with E-state index in [0.29, 0.717) is 12.8 Å². The quantitative estimate of drug-likeness (QED) is 0.0296. The number of rotatable bonds is 44. The van der Waals surface area contributed by atoms with Crippen LogP contribution in [0.15, 0.2) is 0 Å². The molecule has 10 heteroatoms. The first-order valence-corrected chi connectivity index (χ1v) is 26.9. The second kappa shape index (κ2) is 41.3. The van der Waals surface area contributed by atoms with E-state index >= 15 is 0 Å². The molecule has 1 amide bonds. The van der Waals surface area contributed by atoms with Crippen LogP contribution < -0.4 is 5.32 Å². The highest BCUT2D eigenvalue weighted by Crippen LogP contribution is 2.30. The second-order valence-electron chi connectivity index (χ2n) is 18.5. The molecule has 0 aromatic carbocycles. The Bertz CT molecular complexity index is 931. The maximum atomic E-state index is 13.1. The van der Waals surface area contributed by atoms with Crippen molar-refractivity contribution in [2.75, 3.05) is 12.4 Å². The van der Waals surface area contributed by atoms with Crippen LogP contribution in [0.4, 0.5) is 0 Å².